The summed E-state index contributed by atoms with van der Waals surface area (Å²) in [5.74, 6) is -0.683. The van der Waals surface area contributed by atoms with Crippen LogP contribution in [0.3, 0.4) is 0 Å². The van der Waals surface area contributed by atoms with E-state index in [0.29, 0.717) is 18.8 Å². The van der Waals surface area contributed by atoms with Crippen LogP contribution in [0.4, 0.5) is 10.1 Å². The zero-order chi connectivity index (χ0) is 20.0. The average molecular weight is 415 g/mol. The van der Waals surface area contributed by atoms with Crippen molar-refractivity contribution in [2.24, 2.45) is 0 Å². The Balaban J connectivity index is 2.03. The molecule has 0 aliphatic rings. The fourth-order valence-corrected chi connectivity index (χ4v) is 4.13. The summed E-state index contributed by atoms with van der Waals surface area (Å²) >= 11 is 6.11. The second-order valence-corrected chi connectivity index (χ2v) is 7.87. The molecule has 0 saturated carbocycles. The first-order valence-electron chi connectivity index (χ1n) is 8.25. The van der Waals surface area contributed by atoms with Gasteiger partial charge in [0.1, 0.15) is 11.6 Å². The summed E-state index contributed by atoms with van der Waals surface area (Å²) in [6.07, 6.45) is 0. The molecule has 2 aromatic carbocycles. The molecule has 6 nitrogen and oxygen atoms in total. The van der Waals surface area contributed by atoms with Gasteiger partial charge in [-0.15, -0.1) is 0 Å². The van der Waals surface area contributed by atoms with E-state index in [1.54, 1.807) is 13.8 Å². The molecule has 146 valence electrons. The van der Waals surface area contributed by atoms with Gasteiger partial charge in [-0.3, -0.25) is 4.79 Å². The second-order valence-electron chi connectivity index (χ2n) is 5.53. The fourth-order valence-electron chi connectivity index (χ4n) is 2.35. The Morgan fingerprint density at radius 2 is 1.78 bits per heavy atom. The zero-order valence-corrected chi connectivity index (χ0v) is 16.5. The van der Waals surface area contributed by atoms with E-state index in [-0.39, 0.29) is 22.3 Å². The van der Waals surface area contributed by atoms with Crippen LogP contribution in [0.1, 0.15) is 13.8 Å². The highest BCUT2D eigenvalue weighted by Gasteiger charge is 2.22. The van der Waals surface area contributed by atoms with Crippen molar-refractivity contribution in [3.63, 3.8) is 0 Å². The zero-order valence-electron chi connectivity index (χ0n) is 14.9. The summed E-state index contributed by atoms with van der Waals surface area (Å²) in [6.45, 7) is 3.86. The first-order chi connectivity index (χ1) is 12.8. The largest absolute Gasteiger partial charge is 0.482 e. The number of ether oxygens (including phenoxy) is 1. The number of halogens is 2. The summed E-state index contributed by atoms with van der Waals surface area (Å²) in [4.78, 5) is 12.0. The van der Waals surface area contributed by atoms with Crippen molar-refractivity contribution in [2.45, 2.75) is 18.7 Å². The fraction of sp³-hybridized carbons (Fsp3) is 0.278. The van der Waals surface area contributed by atoms with Crippen LogP contribution in [-0.4, -0.2) is 38.3 Å². The standard InChI is InChI=1S/C18H20ClFN2O4S/c1-3-22(4-2)27(24,25)15-9-10-17(16(19)11-15)26-12-18(23)21-14-7-5-13(20)6-8-14/h5-11H,3-4,12H2,1-2H3,(H,21,23). The van der Waals surface area contributed by atoms with Crippen molar-refractivity contribution in [3.8, 4) is 5.75 Å². The van der Waals surface area contributed by atoms with Crippen molar-refractivity contribution < 1.29 is 22.3 Å². The Labute approximate surface area is 162 Å². The third-order valence-electron chi connectivity index (χ3n) is 3.73. The van der Waals surface area contributed by atoms with Gasteiger partial charge >= 0.3 is 0 Å². The lowest BCUT2D eigenvalue weighted by atomic mass is 10.3. The van der Waals surface area contributed by atoms with Crippen molar-refractivity contribution in [1.29, 1.82) is 0 Å². The Hall–Kier alpha value is -2.16. The first-order valence-corrected chi connectivity index (χ1v) is 10.1. The van der Waals surface area contributed by atoms with E-state index >= 15 is 0 Å². The van der Waals surface area contributed by atoms with Crippen molar-refractivity contribution in [1.82, 2.24) is 4.31 Å². The molecule has 2 aromatic rings. The molecule has 0 atom stereocenters. The predicted octanol–water partition coefficient (Wildman–Crippen LogP) is 3.53. The molecule has 1 amide bonds. The van der Waals surface area contributed by atoms with E-state index in [4.69, 9.17) is 16.3 Å². The van der Waals surface area contributed by atoms with Gasteiger partial charge in [0.05, 0.1) is 9.92 Å². The normalized spacial score (nSPS) is 11.4. The highest BCUT2D eigenvalue weighted by atomic mass is 35.5. The van der Waals surface area contributed by atoms with Gasteiger partial charge in [0.15, 0.2) is 6.61 Å². The quantitative estimate of drug-likeness (QED) is 0.717. The van der Waals surface area contributed by atoms with Crippen LogP contribution in [0.2, 0.25) is 5.02 Å². The molecule has 0 radical (unpaired) electrons. The number of benzene rings is 2. The van der Waals surface area contributed by atoms with Gasteiger partial charge < -0.3 is 10.1 Å². The maximum Gasteiger partial charge on any atom is 0.262 e. The lowest BCUT2D eigenvalue weighted by molar-refractivity contribution is -0.118. The molecular formula is C18H20ClFN2O4S. The van der Waals surface area contributed by atoms with Gasteiger partial charge in [-0.05, 0) is 42.5 Å². The van der Waals surface area contributed by atoms with E-state index in [2.05, 4.69) is 5.32 Å². The monoisotopic (exact) mass is 414 g/mol. The Morgan fingerprint density at radius 1 is 1.15 bits per heavy atom. The molecule has 2 rings (SSSR count). The molecule has 0 saturated heterocycles. The van der Waals surface area contributed by atoms with Gasteiger partial charge in [-0.25, -0.2) is 12.8 Å². The molecule has 0 aliphatic heterocycles. The molecule has 1 N–H and O–H groups in total. The molecule has 0 spiro atoms. The van der Waals surface area contributed by atoms with Gasteiger partial charge in [0.2, 0.25) is 10.0 Å². The van der Waals surface area contributed by atoms with Gasteiger partial charge in [0.25, 0.3) is 5.91 Å². The Morgan fingerprint density at radius 3 is 2.33 bits per heavy atom. The lowest BCUT2D eigenvalue weighted by Crippen LogP contribution is -2.30. The number of nitrogens with zero attached hydrogens (tertiary/aromatic N) is 1. The van der Waals surface area contributed by atoms with E-state index in [1.807, 2.05) is 0 Å². The average Bonchev–Trinajstić information content (AvgIpc) is 2.63. The SMILES string of the molecule is CCN(CC)S(=O)(=O)c1ccc(OCC(=O)Nc2ccc(F)cc2)c(Cl)c1. The molecule has 0 fully saturated rings. The topological polar surface area (TPSA) is 75.7 Å². The van der Waals surface area contributed by atoms with Crippen LogP contribution in [-0.2, 0) is 14.8 Å². The number of nitrogens with one attached hydrogen (secondary N) is 1. The number of hydrogen-bond acceptors (Lipinski definition) is 4. The van der Waals surface area contributed by atoms with Crippen LogP contribution in [0.25, 0.3) is 0 Å². The molecule has 0 bridgehead atoms. The van der Waals surface area contributed by atoms with Gasteiger partial charge in [0, 0.05) is 18.8 Å². The van der Waals surface area contributed by atoms with Crippen LogP contribution in [0.5, 0.6) is 5.75 Å². The van der Waals surface area contributed by atoms with Crippen molar-refractivity contribution in [3.05, 3.63) is 53.3 Å². The minimum absolute atomic E-state index is 0.0549. The third kappa shape index (κ3) is 5.41. The number of hydrogen-bond donors (Lipinski definition) is 1. The lowest BCUT2D eigenvalue weighted by Gasteiger charge is -2.19. The molecule has 0 unspecified atom stereocenters. The Kier molecular flexibility index (Phi) is 7.18. The molecule has 9 heteroatoms. The molecule has 0 heterocycles. The summed E-state index contributed by atoms with van der Waals surface area (Å²) in [7, 11) is -3.63. The van der Waals surface area contributed by atoms with Crippen LogP contribution >= 0.6 is 11.6 Å². The molecular weight excluding hydrogens is 395 g/mol. The molecule has 0 aromatic heterocycles. The molecule has 0 aliphatic carbocycles. The highest BCUT2D eigenvalue weighted by molar-refractivity contribution is 7.89. The number of amides is 1. The number of carbonyl (C=O) groups excluding carboxylic acids is 1. The summed E-state index contributed by atoms with van der Waals surface area (Å²) in [5.41, 5.74) is 0.428. The number of carbonyl (C=O) groups is 1. The summed E-state index contributed by atoms with van der Waals surface area (Å²) < 4.78 is 44.5. The maximum absolute atomic E-state index is 12.9. The van der Waals surface area contributed by atoms with E-state index < -0.39 is 21.7 Å². The van der Waals surface area contributed by atoms with Gasteiger partial charge in [-0.1, -0.05) is 25.4 Å². The highest BCUT2D eigenvalue weighted by Crippen LogP contribution is 2.28. The number of rotatable bonds is 8. The smallest absolute Gasteiger partial charge is 0.262 e. The third-order valence-corrected chi connectivity index (χ3v) is 6.07. The number of sulfonamides is 1. The van der Waals surface area contributed by atoms with Crippen LogP contribution in [0.15, 0.2) is 47.4 Å². The maximum atomic E-state index is 12.9. The van der Waals surface area contributed by atoms with Crippen LogP contribution in [0, 0.1) is 5.82 Å². The Bertz CT molecular complexity index is 900. The second kappa shape index (κ2) is 9.16. The first kappa shape index (κ1) is 21.1. The van der Waals surface area contributed by atoms with E-state index in [9.17, 15) is 17.6 Å². The summed E-state index contributed by atoms with van der Waals surface area (Å²) in [6, 6.07) is 9.38. The van der Waals surface area contributed by atoms with Gasteiger partial charge in [-0.2, -0.15) is 4.31 Å². The van der Waals surface area contributed by atoms with Crippen molar-refractivity contribution >= 4 is 33.2 Å². The minimum atomic E-state index is -3.63. The number of anilines is 1. The van der Waals surface area contributed by atoms with Crippen molar-refractivity contribution in [2.75, 3.05) is 25.0 Å². The van der Waals surface area contributed by atoms with E-state index in [1.165, 1.54) is 46.8 Å². The van der Waals surface area contributed by atoms with E-state index in [0.717, 1.165) is 0 Å². The predicted molar refractivity (Wildman–Crippen MR) is 102 cm³/mol. The van der Waals surface area contributed by atoms with Crippen LogP contribution < -0.4 is 10.1 Å². The summed E-state index contributed by atoms with van der Waals surface area (Å²) in [5, 5.41) is 2.63. The minimum Gasteiger partial charge on any atom is -0.482 e. The molecule has 27 heavy (non-hydrogen) atoms.